The van der Waals surface area contributed by atoms with Crippen molar-refractivity contribution in [1.82, 2.24) is 20.4 Å². The minimum Gasteiger partial charge on any atom is -0.373 e. The summed E-state index contributed by atoms with van der Waals surface area (Å²) in [4.78, 5) is 9.74. The summed E-state index contributed by atoms with van der Waals surface area (Å²) in [5.74, 6) is 0.921. The lowest BCUT2D eigenvalue weighted by atomic mass is 10.0. The lowest BCUT2D eigenvalue weighted by molar-refractivity contribution is 0.0283. The number of hydrogen-bond acceptors (Lipinski definition) is 4. The molecule has 0 aromatic carbocycles. The lowest BCUT2D eigenvalue weighted by Gasteiger charge is -2.22. The van der Waals surface area contributed by atoms with E-state index in [0.29, 0.717) is 0 Å². The Bertz CT molecular complexity index is 388. The second kappa shape index (κ2) is 12.3. The molecule has 0 aromatic rings. The molecule has 0 aromatic heterocycles. The van der Waals surface area contributed by atoms with Crippen molar-refractivity contribution in [3.8, 4) is 0 Å². The molecule has 0 aliphatic carbocycles. The average molecular weight is 467 g/mol. The first-order valence-electron chi connectivity index (χ1n) is 9.68. The molecule has 2 aliphatic heterocycles. The van der Waals surface area contributed by atoms with Crippen LogP contribution in [0.5, 0.6) is 0 Å². The summed E-state index contributed by atoms with van der Waals surface area (Å²) in [5, 5.41) is 6.81. The third-order valence-corrected chi connectivity index (χ3v) is 4.97. The first-order chi connectivity index (χ1) is 11.6. The number of nitrogens with one attached hydrogen (secondary N) is 2. The molecule has 1 atom stereocenters. The van der Waals surface area contributed by atoms with Gasteiger partial charge in [0.2, 0.25) is 0 Å². The number of likely N-dealkylation sites (N-methyl/N-ethyl adjacent to an activating group) is 1. The summed E-state index contributed by atoms with van der Waals surface area (Å²) >= 11 is 0. The summed E-state index contributed by atoms with van der Waals surface area (Å²) in [6, 6.07) is 0. The van der Waals surface area contributed by atoms with E-state index in [4.69, 9.17) is 9.73 Å². The molecule has 0 bridgehead atoms. The third kappa shape index (κ3) is 8.88. The standard InChI is InChI=1S/C18H37N5O.HI/c1-4-19-17(21-16-18(2)8-5-15-24-18)20-9-6-11-23-12-7-10-22(3)13-14-23;/h4-16H2,1-3H3,(H2,19,20,21);1H. The summed E-state index contributed by atoms with van der Waals surface area (Å²) in [7, 11) is 2.22. The molecule has 25 heavy (non-hydrogen) atoms. The largest absolute Gasteiger partial charge is 0.373 e. The Hall–Kier alpha value is -0.120. The van der Waals surface area contributed by atoms with Crippen molar-refractivity contribution in [3.63, 3.8) is 0 Å². The topological polar surface area (TPSA) is 52.1 Å². The highest BCUT2D eigenvalue weighted by molar-refractivity contribution is 14.0. The molecular weight excluding hydrogens is 429 g/mol. The van der Waals surface area contributed by atoms with Crippen LogP contribution in [0.1, 0.15) is 39.5 Å². The van der Waals surface area contributed by atoms with E-state index in [1.165, 1.54) is 39.1 Å². The fourth-order valence-corrected chi connectivity index (χ4v) is 3.38. The van der Waals surface area contributed by atoms with Gasteiger partial charge >= 0.3 is 0 Å². The van der Waals surface area contributed by atoms with Crippen LogP contribution in [0.2, 0.25) is 0 Å². The Morgan fingerprint density at radius 1 is 1.16 bits per heavy atom. The number of halogens is 1. The average Bonchev–Trinajstić information content (AvgIpc) is 2.89. The summed E-state index contributed by atoms with van der Waals surface area (Å²) < 4.78 is 5.82. The molecule has 2 saturated heterocycles. The van der Waals surface area contributed by atoms with Crippen LogP contribution in [-0.4, -0.2) is 87.4 Å². The predicted molar refractivity (Wildman–Crippen MR) is 116 cm³/mol. The van der Waals surface area contributed by atoms with Crippen molar-refractivity contribution in [2.75, 3.05) is 66.0 Å². The Balaban J connectivity index is 0.00000312. The highest BCUT2D eigenvalue weighted by Gasteiger charge is 2.29. The fourth-order valence-electron chi connectivity index (χ4n) is 3.38. The maximum atomic E-state index is 5.82. The predicted octanol–water partition coefficient (Wildman–Crippen LogP) is 1.76. The zero-order valence-corrected chi connectivity index (χ0v) is 18.7. The van der Waals surface area contributed by atoms with Crippen molar-refractivity contribution in [2.45, 2.75) is 45.1 Å². The quantitative estimate of drug-likeness (QED) is 0.259. The number of rotatable bonds is 7. The molecule has 2 rings (SSSR count). The van der Waals surface area contributed by atoms with Crippen LogP contribution in [-0.2, 0) is 4.74 Å². The zero-order chi connectivity index (χ0) is 17.3. The maximum Gasteiger partial charge on any atom is 0.191 e. The van der Waals surface area contributed by atoms with Gasteiger partial charge in [-0.2, -0.15) is 0 Å². The minimum absolute atomic E-state index is 0. The molecule has 0 saturated carbocycles. The van der Waals surface area contributed by atoms with E-state index in [-0.39, 0.29) is 29.6 Å². The molecule has 2 fully saturated rings. The van der Waals surface area contributed by atoms with Crippen LogP contribution in [0.3, 0.4) is 0 Å². The smallest absolute Gasteiger partial charge is 0.191 e. The molecule has 148 valence electrons. The van der Waals surface area contributed by atoms with E-state index in [1.807, 2.05) is 0 Å². The fraction of sp³-hybridized carbons (Fsp3) is 0.944. The molecule has 6 nitrogen and oxygen atoms in total. The highest BCUT2D eigenvalue weighted by Crippen LogP contribution is 2.24. The van der Waals surface area contributed by atoms with Crippen LogP contribution in [0.4, 0.5) is 0 Å². The van der Waals surface area contributed by atoms with Gasteiger partial charge in [-0.1, -0.05) is 0 Å². The van der Waals surface area contributed by atoms with E-state index in [1.54, 1.807) is 0 Å². The monoisotopic (exact) mass is 467 g/mol. The lowest BCUT2D eigenvalue weighted by Crippen LogP contribution is -2.40. The molecular formula is C18H38IN5O. The van der Waals surface area contributed by atoms with E-state index < -0.39 is 0 Å². The number of aliphatic imine (C=N–C) groups is 1. The first kappa shape index (κ1) is 22.9. The van der Waals surface area contributed by atoms with Crippen LogP contribution in [0.25, 0.3) is 0 Å². The van der Waals surface area contributed by atoms with Crippen molar-refractivity contribution in [3.05, 3.63) is 0 Å². The van der Waals surface area contributed by atoms with Gasteiger partial charge in [-0.3, -0.25) is 4.99 Å². The van der Waals surface area contributed by atoms with Gasteiger partial charge in [-0.15, -0.1) is 24.0 Å². The molecule has 0 radical (unpaired) electrons. The van der Waals surface area contributed by atoms with Crippen molar-refractivity contribution in [1.29, 1.82) is 0 Å². The number of hydrogen-bond donors (Lipinski definition) is 2. The second-order valence-corrected chi connectivity index (χ2v) is 7.38. The van der Waals surface area contributed by atoms with Gasteiger partial charge in [0.1, 0.15) is 0 Å². The van der Waals surface area contributed by atoms with Crippen molar-refractivity contribution in [2.24, 2.45) is 4.99 Å². The van der Waals surface area contributed by atoms with Gasteiger partial charge in [-0.05, 0) is 66.2 Å². The number of nitrogens with zero attached hydrogens (tertiary/aromatic N) is 3. The van der Waals surface area contributed by atoms with Gasteiger partial charge in [0.05, 0.1) is 12.1 Å². The van der Waals surface area contributed by atoms with Crippen LogP contribution < -0.4 is 10.6 Å². The Morgan fingerprint density at radius 3 is 2.72 bits per heavy atom. The summed E-state index contributed by atoms with van der Waals surface area (Å²) in [5.41, 5.74) is -0.0690. The van der Waals surface area contributed by atoms with Gasteiger partial charge in [0.15, 0.2) is 5.96 Å². The Morgan fingerprint density at radius 2 is 2.00 bits per heavy atom. The van der Waals surface area contributed by atoms with Crippen LogP contribution in [0.15, 0.2) is 4.99 Å². The summed E-state index contributed by atoms with van der Waals surface area (Å²) in [6.45, 7) is 13.8. The summed E-state index contributed by atoms with van der Waals surface area (Å²) in [6.07, 6.45) is 4.70. The van der Waals surface area contributed by atoms with Gasteiger partial charge in [-0.25, -0.2) is 0 Å². The third-order valence-electron chi connectivity index (χ3n) is 4.97. The SMILES string of the molecule is CCNC(=NCC1(C)CCCO1)NCCCN1CCCN(C)CC1.I. The van der Waals surface area contributed by atoms with E-state index in [0.717, 1.165) is 51.5 Å². The van der Waals surface area contributed by atoms with Crippen molar-refractivity contribution < 1.29 is 4.74 Å². The van der Waals surface area contributed by atoms with Crippen LogP contribution >= 0.6 is 24.0 Å². The van der Waals surface area contributed by atoms with E-state index in [2.05, 4.69) is 41.3 Å². The molecule has 0 spiro atoms. The van der Waals surface area contributed by atoms with Crippen LogP contribution in [0, 0.1) is 0 Å². The van der Waals surface area contributed by atoms with Gasteiger partial charge < -0.3 is 25.2 Å². The molecule has 0 amide bonds. The van der Waals surface area contributed by atoms with Gasteiger partial charge in [0.25, 0.3) is 0 Å². The molecule has 2 heterocycles. The normalized spacial score (nSPS) is 26.1. The minimum atomic E-state index is -0.0690. The number of guanidine groups is 1. The Kier molecular flexibility index (Phi) is 11.3. The second-order valence-electron chi connectivity index (χ2n) is 7.38. The first-order valence-corrected chi connectivity index (χ1v) is 9.68. The molecule has 2 aliphatic rings. The highest BCUT2D eigenvalue weighted by atomic mass is 127. The molecule has 1 unspecified atom stereocenters. The Labute approximate surface area is 171 Å². The van der Waals surface area contributed by atoms with E-state index >= 15 is 0 Å². The van der Waals surface area contributed by atoms with Crippen molar-refractivity contribution >= 4 is 29.9 Å². The number of ether oxygens (including phenoxy) is 1. The zero-order valence-electron chi connectivity index (χ0n) is 16.4. The van der Waals surface area contributed by atoms with E-state index in [9.17, 15) is 0 Å². The molecule has 7 heteroatoms. The maximum absolute atomic E-state index is 5.82. The van der Waals surface area contributed by atoms with Gasteiger partial charge in [0, 0.05) is 32.8 Å². The molecule has 2 N–H and O–H groups in total.